The van der Waals surface area contributed by atoms with E-state index in [-0.39, 0.29) is 0 Å². The summed E-state index contributed by atoms with van der Waals surface area (Å²) in [4.78, 5) is 0. The zero-order chi connectivity index (χ0) is 17.4. The first-order valence-electron chi connectivity index (χ1n) is 7.68. The lowest BCUT2D eigenvalue weighted by molar-refractivity contribution is 0.146. The highest BCUT2D eigenvalue weighted by Gasteiger charge is 2.08. The molecule has 1 heterocycles. The number of rotatable bonds is 8. The van der Waals surface area contributed by atoms with E-state index < -0.39 is 0 Å². The normalized spacial score (nSPS) is 10.6. The minimum Gasteiger partial charge on any atom is -0.382 e. The second-order valence-electron chi connectivity index (χ2n) is 5.06. The van der Waals surface area contributed by atoms with Gasteiger partial charge in [-0.05, 0) is 37.7 Å². The van der Waals surface area contributed by atoms with Crippen LogP contribution in [0, 0.1) is 0 Å². The van der Waals surface area contributed by atoms with Crippen LogP contribution in [0.3, 0.4) is 0 Å². The highest BCUT2D eigenvalue weighted by atomic mass is 35.5. The van der Waals surface area contributed by atoms with Gasteiger partial charge in [-0.1, -0.05) is 29.3 Å². The summed E-state index contributed by atoms with van der Waals surface area (Å²) in [5.74, 6) is 0. The van der Waals surface area contributed by atoms with Crippen LogP contribution in [0.15, 0.2) is 30.6 Å². The SMILES string of the molecule is CCOCCCNC(=S)Nc1cnn(Cc2c(Cl)cccc2Cl)c1. The van der Waals surface area contributed by atoms with E-state index in [1.807, 2.05) is 31.3 Å². The largest absolute Gasteiger partial charge is 0.382 e. The quantitative estimate of drug-likeness (QED) is 0.531. The number of benzene rings is 1. The van der Waals surface area contributed by atoms with E-state index in [1.165, 1.54) is 0 Å². The summed E-state index contributed by atoms with van der Waals surface area (Å²) in [7, 11) is 0. The van der Waals surface area contributed by atoms with Crippen molar-refractivity contribution < 1.29 is 4.74 Å². The third-order valence-corrected chi connectivity index (χ3v) is 4.18. The van der Waals surface area contributed by atoms with E-state index in [9.17, 15) is 0 Å². The molecule has 1 aromatic heterocycles. The van der Waals surface area contributed by atoms with E-state index in [0.29, 0.717) is 21.7 Å². The standard InChI is InChI=1S/C16H20Cl2N4OS/c1-2-23-8-4-7-19-16(24)21-12-9-20-22(10-12)11-13-14(17)5-3-6-15(13)18/h3,5-6,9-10H,2,4,7-8,11H2,1H3,(H2,19,21,24). The van der Waals surface area contributed by atoms with Crippen LogP contribution >= 0.6 is 35.4 Å². The predicted octanol–water partition coefficient (Wildman–Crippen LogP) is 3.95. The zero-order valence-corrected chi connectivity index (χ0v) is 15.7. The van der Waals surface area contributed by atoms with Crippen LogP contribution in [0.4, 0.5) is 5.69 Å². The van der Waals surface area contributed by atoms with Crippen LogP contribution < -0.4 is 10.6 Å². The molecule has 0 saturated carbocycles. The molecule has 2 aromatic rings. The lowest BCUT2D eigenvalue weighted by Crippen LogP contribution is -2.29. The van der Waals surface area contributed by atoms with Gasteiger partial charge in [0, 0.05) is 41.6 Å². The predicted molar refractivity (Wildman–Crippen MR) is 103 cm³/mol. The minimum atomic E-state index is 0.495. The fourth-order valence-corrected chi connectivity index (χ4v) is 2.79. The molecule has 0 spiro atoms. The van der Waals surface area contributed by atoms with Crippen molar-refractivity contribution in [1.82, 2.24) is 15.1 Å². The fourth-order valence-electron chi connectivity index (χ4n) is 2.06. The van der Waals surface area contributed by atoms with E-state index in [4.69, 9.17) is 40.2 Å². The smallest absolute Gasteiger partial charge is 0.170 e. The number of nitrogens with zero attached hydrogens (tertiary/aromatic N) is 2. The maximum absolute atomic E-state index is 6.18. The Labute approximate surface area is 157 Å². The summed E-state index contributed by atoms with van der Waals surface area (Å²) < 4.78 is 7.03. The third kappa shape index (κ3) is 5.94. The van der Waals surface area contributed by atoms with Crippen LogP contribution in [0.5, 0.6) is 0 Å². The van der Waals surface area contributed by atoms with Crippen molar-refractivity contribution in [1.29, 1.82) is 0 Å². The van der Waals surface area contributed by atoms with Crippen LogP contribution in [0.25, 0.3) is 0 Å². The van der Waals surface area contributed by atoms with Crippen molar-refractivity contribution in [2.24, 2.45) is 0 Å². The molecule has 0 unspecified atom stereocenters. The molecule has 0 atom stereocenters. The zero-order valence-electron chi connectivity index (χ0n) is 13.4. The minimum absolute atomic E-state index is 0.495. The number of aromatic nitrogens is 2. The second kappa shape index (κ2) is 9.84. The number of ether oxygens (including phenoxy) is 1. The molecule has 5 nitrogen and oxygen atoms in total. The molecule has 2 rings (SSSR count). The van der Waals surface area contributed by atoms with Gasteiger partial charge in [-0.15, -0.1) is 0 Å². The number of halogens is 2. The molecular weight excluding hydrogens is 367 g/mol. The van der Waals surface area contributed by atoms with Crippen LogP contribution in [0.1, 0.15) is 18.9 Å². The van der Waals surface area contributed by atoms with Gasteiger partial charge in [-0.25, -0.2) is 0 Å². The second-order valence-corrected chi connectivity index (χ2v) is 6.28. The van der Waals surface area contributed by atoms with E-state index in [2.05, 4.69) is 15.7 Å². The van der Waals surface area contributed by atoms with Crippen molar-refractivity contribution in [3.63, 3.8) is 0 Å². The van der Waals surface area contributed by atoms with Crippen molar-refractivity contribution in [2.75, 3.05) is 25.1 Å². The molecular formula is C16H20Cl2N4OS. The molecule has 0 radical (unpaired) electrons. The average Bonchev–Trinajstić information content (AvgIpc) is 2.98. The monoisotopic (exact) mass is 386 g/mol. The summed E-state index contributed by atoms with van der Waals surface area (Å²) in [5, 5.41) is 12.3. The average molecular weight is 387 g/mol. The third-order valence-electron chi connectivity index (χ3n) is 3.23. The highest BCUT2D eigenvalue weighted by Crippen LogP contribution is 2.25. The van der Waals surface area contributed by atoms with Gasteiger partial charge < -0.3 is 15.4 Å². The van der Waals surface area contributed by atoms with E-state index in [0.717, 1.165) is 37.4 Å². The molecule has 0 aliphatic heterocycles. The maximum atomic E-state index is 6.18. The van der Waals surface area contributed by atoms with Gasteiger partial charge in [0.25, 0.3) is 0 Å². The Morgan fingerprint density at radius 2 is 2.08 bits per heavy atom. The summed E-state index contributed by atoms with van der Waals surface area (Å²) in [6.45, 7) is 4.69. The maximum Gasteiger partial charge on any atom is 0.170 e. The van der Waals surface area contributed by atoms with E-state index in [1.54, 1.807) is 10.9 Å². The summed E-state index contributed by atoms with van der Waals surface area (Å²) in [5.41, 5.74) is 1.65. The molecule has 0 aliphatic rings. The Morgan fingerprint density at radius 1 is 1.33 bits per heavy atom. The summed E-state index contributed by atoms with van der Waals surface area (Å²) >= 11 is 17.6. The van der Waals surface area contributed by atoms with Gasteiger partial charge >= 0.3 is 0 Å². The van der Waals surface area contributed by atoms with Gasteiger partial charge in [-0.2, -0.15) is 5.10 Å². The molecule has 0 aliphatic carbocycles. The Bertz CT molecular complexity index is 658. The Hall–Kier alpha value is -1.34. The van der Waals surface area contributed by atoms with Crippen LogP contribution in [-0.2, 0) is 11.3 Å². The van der Waals surface area contributed by atoms with Gasteiger partial charge in [0.1, 0.15) is 0 Å². The molecule has 0 saturated heterocycles. The molecule has 0 bridgehead atoms. The van der Waals surface area contributed by atoms with Crippen LogP contribution in [0.2, 0.25) is 10.0 Å². The van der Waals surface area contributed by atoms with Crippen LogP contribution in [-0.4, -0.2) is 34.7 Å². The molecule has 130 valence electrons. The number of anilines is 1. The topological polar surface area (TPSA) is 51.1 Å². The Morgan fingerprint density at radius 3 is 2.79 bits per heavy atom. The number of thiocarbonyl (C=S) groups is 1. The van der Waals surface area contributed by atoms with Crippen molar-refractivity contribution in [2.45, 2.75) is 19.9 Å². The molecule has 24 heavy (non-hydrogen) atoms. The number of hydrogen-bond acceptors (Lipinski definition) is 3. The summed E-state index contributed by atoms with van der Waals surface area (Å²) in [6.07, 6.45) is 4.46. The lowest BCUT2D eigenvalue weighted by Gasteiger charge is -2.09. The molecule has 8 heteroatoms. The van der Waals surface area contributed by atoms with E-state index >= 15 is 0 Å². The number of nitrogens with one attached hydrogen (secondary N) is 2. The van der Waals surface area contributed by atoms with Gasteiger partial charge in [0.15, 0.2) is 5.11 Å². The first kappa shape index (κ1) is 19.0. The van der Waals surface area contributed by atoms with Crippen molar-refractivity contribution in [3.05, 3.63) is 46.2 Å². The Kier molecular flexibility index (Phi) is 7.78. The van der Waals surface area contributed by atoms with Gasteiger partial charge in [0.2, 0.25) is 0 Å². The van der Waals surface area contributed by atoms with Gasteiger partial charge in [0.05, 0.1) is 18.4 Å². The first-order valence-corrected chi connectivity index (χ1v) is 8.84. The highest BCUT2D eigenvalue weighted by molar-refractivity contribution is 7.80. The summed E-state index contributed by atoms with van der Waals surface area (Å²) in [6, 6.07) is 5.44. The fraction of sp³-hybridized carbons (Fsp3) is 0.375. The van der Waals surface area contributed by atoms with Crippen molar-refractivity contribution in [3.8, 4) is 0 Å². The lowest BCUT2D eigenvalue weighted by atomic mass is 10.2. The Balaban J connectivity index is 1.83. The number of hydrogen-bond donors (Lipinski definition) is 2. The van der Waals surface area contributed by atoms with Gasteiger partial charge in [-0.3, -0.25) is 4.68 Å². The van der Waals surface area contributed by atoms with Crippen molar-refractivity contribution >= 4 is 46.2 Å². The first-order chi connectivity index (χ1) is 11.6. The molecule has 1 aromatic carbocycles. The molecule has 0 amide bonds. The molecule has 2 N–H and O–H groups in total. The molecule has 0 fully saturated rings.